The van der Waals surface area contributed by atoms with Gasteiger partial charge in [0.05, 0.1) is 11.6 Å². The molecule has 0 aromatic carbocycles. The molecule has 1 aromatic rings. The lowest BCUT2D eigenvalue weighted by atomic mass is 9.82. The van der Waals surface area contributed by atoms with Gasteiger partial charge in [-0.1, -0.05) is 69.9 Å². The Balaban J connectivity index is 1.26. The van der Waals surface area contributed by atoms with E-state index < -0.39 is 17.5 Å². The molecule has 1 aromatic heterocycles. The number of hydrogen-bond donors (Lipinski definition) is 2. The Morgan fingerprint density at radius 2 is 1.90 bits per heavy atom. The normalized spacial score (nSPS) is 25.9. The highest BCUT2D eigenvalue weighted by molar-refractivity contribution is 6.30. The number of allylic oxidation sites excluding steroid dienone is 2. The van der Waals surface area contributed by atoms with Gasteiger partial charge in [-0.25, -0.2) is 9.98 Å². The number of halogens is 1. The van der Waals surface area contributed by atoms with Gasteiger partial charge in [0.15, 0.2) is 0 Å². The molecule has 2 N–H and O–H groups in total. The van der Waals surface area contributed by atoms with Gasteiger partial charge in [0.25, 0.3) is 6.02 Å². The monoisotopic (exact) mass is 569 g/mol. The number of aliphatic imine (C=N–C) groups is 1. The summed E-state index contributed by atoms with van der Waals surface area (Å²) < 4.78 is 12.0. The van der Waals surface area contributed by atoms with Crippen LogP contribution in [-0.2, 0) is 14.3 Å². The van der Waals surface area contributed by atoms with E-state index in [1.54, 1.807) is 23.2 Å². The fourth-order valence-corrected chi connectivity index (χ4v) is 5.97. The molecule has 9 nitrogen and oxygen atoms in total. The van der Waals surface area contributed by atoms with Crippen LogP contribution in [0.25, 0.3) is 0 Å². The Morgan fingerprint density at radius 1 is 1.12 bits per heavy atom. The van der Waals surface area contributed by atoms with Gasteiger partial charge in [-0.15, -0.1) is 0 Å². The third-order valence-corrected chi connectivity index (χ3v) is 8.32. The van der Waals surface area contributed by atoms with Crippen molar-refractivity contribution >= 4 is 29.4 Å². The van der Waals surface area contributed by atoms with Crippen molar-refractivity contribution in [3.63, 3.8) is 0 Å². The first-order chi connectivity index (χ1) is 19.2. The fraction of sp³-hybridized carbons (Fsp3) is 0.600. The number of aromatic nitrogens is 1. The fourth-order valence-electron chi connectivity index (χ4n) is 5.86. The van der Waals surface area contributed by atoms with Crippen LogP contribution in [0.1, 0.15) is 59.3 Å². The summed E-state index contributed by atoms with van der Waals surface area (Å²) in [6.07, 6.45) is 15.0. The summed E-state index contributed by atoms with van der Waals surface area (Å²) in [5.41, 5.74) is -0.494. The molecular formula is C30H40ClN5O4. The highest BCUT2D eigenvalue weighted by atomic mass is 35.5. The van der Waals surface area contributed by atoms with Crippen molar-refractivity contribution in [3.05, 3.63) is 47.7 Å². The lowest BCUT2D eigenvalue weighted by molar-refractivity contribution is -0.139. The quantitative estimate of drug-likeness (QED) is 0.514. The number of carbonyl (C=O) groups excluding carboxylic acids is 2. The lowest BCUT2D eigenvalue weighted by Crippen LogP contribution is -2.60. The van der Waals surface area contributed by atoms with Crippen LogP contribution in [-0.4, -0.2) is 71.1 Å². The van der Waals surface area contributed by atoms with Gasteiger partial charge in [-0.2, -0.15) is 0 Å². The zero-order valence-corrected chi connectivity index (χ0v) is 24.3. The van der Waals surface area contributed by atoms with Gasteiger partial charge in [-0.05, 0) is 36.3 Å². The van der Waals surface area contributed by atoms with Crippen LogP contribution in [0.15, 0.2) is 47.6 Å². The van der Waals surface area contributed by atoms with Crippen LogP contribution < -0.4 is 15.4 Å². The van der Waals surface area contributed by atoms with Crippen LogP contribution in [0.4, 0.5) is 0 Å². The first-order valence-corrected chi connectivity index (χ1v) is 14.8. The van der Waals surface area contributed by atoms with E-state index >= 15 is 0 Å². The summed E-state index contributed by atoms with van der Waals surface area (Å²) in [5, 5.41) is 7.01. The lowest BCUT2D eigenvalue weighted by Gasteiger charge is -2.36. The Bertz CT molecular complexity index is 1160. The summed E-state index contributed by atoms with van der Waals surface area (Å²) in [5.74, 6) is 0.327. The van der Waals surface area contributed by atoms with E-state index in [2.05, 4.69) is 20.6 Å². The number of hydrogen-bond acceptors (Lipinski definition) is 7. The summed E-state index contributed by atoms with van der Waals surface area (Å²) in [4.78, 5) is 38.4. The minimum atomic E-state index is -0.694. The zero-order chi connectivity index (χ0) is 28.3. The molecule has 0 spiro atoms. The maximum Gasteiger partial charge on any atom is 0.286 e. The molecule has 3 heterocycles. The zero-order valence-electron chi connectivity index (χ0n) is 23.5. The first-order valence-electron chi connectivity index (χ1n) is 14.4. The molecular weight excluding hydrogens is 530 g/mol. The largest absolute Gasteiger partial charge is 0.472 e. The minimum Gasteiger partial charge on any atom is -0.472 e. The molecule has 4 unspecified atom stereocenters. The van der Waals surface area contributed by atoms with Crippen LogP contribution in [0.5, 0.6) is 5.88 Å². The average molecular weight is 570 g/mol. The van der Waals surface area contributed by atoms with E-state index in [9.17, 15) is 9.59 Å². The summed E-state index contributed by atoms with van der Waals surface area (Å²) in [7, 11) is 0. The second-order valence-corrected chi connectivity index (χ2v) is 12.7. The van der Waals surface area contributed by atoms with E-state index in [1.165, 1.54) is 6.42 Å². The van der Waals surface area contributed by atoms with Gasteiger partial charge in [0.2, 0.25) is 17.7 Å². The molecule has 0 radical (unpaired) electrons. The predicted molar refractivity (Wildman–Crippen MR) is 154 cm³/mol. The number of pyridine rings is 1. The molecule has 5 rings (SSSR count). The standard InChI is InChI=1S/C30H40ClN5O4/c1-30(2,3)26(28(38)36-16-15-21(18-36)39-24-14-13-20(31)17-32-24)35-27(37)25(19-9-5-4-6-10-19)34-29-33-22-11-7-8-12-23(22)40-29/h7-8,11-14,17,19,21-23,25-26H,4-6,9-10,15-16,18H2,1-3H3,(H,33,34)(H,35,37)/t21?,22?,23?,25?,26-/m1/s1. The number of ether oxygens (including phenoxy) is 2. The molecule has 10 heteroatoms. The maximum atomic E-state index is 13.9. The van der Waals surface area contributed by atoms with Crippen molar-refractivity contribution < 1.29 is 19.1 Å². The van der Waals surface area contributed by atoms with Crippen LogP contribution in [0.2, 0.25) is 5.02 Å². The van der Waals surface area contributed by atoms with Crippen LogP contribution in [0, 0.1) is 11.3 Å². The SMILES string of the molecule is CC(C)(C)[C@H](NC(=O)C(NC1=NC2C=CC=CC2O1)C1CCCCC1)C(=O)N1CCC(Oc2ccc(Cl)cn2)C1. The maximum absolute atomic E-state index is 13.9. The number of nitrogens with zero attached hydrogens (tertiary/aromatic N) is 3. The Kier molecular flexibility index (Phi) is 8.68. The highest BCUT2D eigenvalue weighted by Gasteiger charge is 2.42. The van der Waals surface area contributed by atoms with Gasteiger partial charge in [0, 0.05) is 25.2 Å². The predicted octanol–water partition coefficient (Wildman–Crippen LogP) is 4.03. The van der Waals surface area contributed by atoms with Crippen LogP contribution >= 0.6 is 11.6 Å². The third kappa shape index (κ3) is 6.79. The van der Waals surface area contributed by atoms with Gasteiger partial charge < -0.3 is 25.0 Å². The van der Waals surface area contributed by atoms with E-state index in [0.717, 1.165) is 25.7 Å². The Morgan fingerprint density at radius 3 is 2.60 bits per heavy atom. The average Bonchev–Trinajstić information content (AvgIpc) is 3.58. The molecule has 4 aliphatic rings. The summed E-state index contributed by atoms with van der Waals surface area (Å²) in [6, 6.07) is 2.54. The number of rotatable bonds is 7. The molecule has 1 saturated heterocycles. The summed E-state index contributed by atoms with van der Waals surface area (Å²) in [6.45, 7) is 6.93. The minimum absolute atomic E-state index is 0.0835. The molecule has 2 fully saturated rings. The third-order valence-electron chi connectivity index (χ3n) is 8.10. The topological polar surface area (TPSA) is 105 Å². The second-order valence-electron chi connectivity index (χ2n) is 12.2. The number of amides is 2. The first kappa shape index (κ1) is 28.5. The number of fused-ring (bicyclic) bond motifs is 1. The molecule has 40 heavy (non-hydrogen) atoms. The molecule has 1 saturated carbocycles. The van der Waals surface area contributed by atoms with Crippen molar-refractivity contribution in [2.45, 2.75) is 89.6 Å². The van der Waals surface area contributed by atoms with E-state index in [0.29, 0.717) is 36.4 Å². The van der Waals surface area contributed by atoms with Crippen molar-refractivity contribution in [1.82, 2.24) is 20.5 Å². The van der Waals surface area contributed by atoms with E-state index in [-0.39, 0.29) is 36.0 Å². The van der Waals surface area contributed by atoms with Gasteiger partial charge >= 0.3 is 0 Å². The molecule has 0 bridgehead atoms. The molecule has 2 aliphatic carbocycles. The van der Waals surface area contributed by atoms with Crippen molar-refractivity contribution in [2.75, 3.05) is 13.1 Å². The van der Waals surface area contributed by atoms with E-state index in [4.69, 9.17) is 21.1 Å². The molecule has 216 valence electrons. The second kappa shape index (κ2) is 12.2. The Hall–Kier alpha value is -3.07. The van der Waals surface area contributed by atoms with Crippen molar-refractivity contribution in [3.8, 4) is 5.88 Å². The van der Waals surface area contributed by atoms with Crippen LogP contribution in [0.3, 0.4) is 0 Å². The number of nitrogens with one attached hydrogen (secondary N) is 2. The molecule has 2 amide bonds. The highest BCUT2D eigenvalue weighted by Crippen LogP contribution is 2.29. The number of carbonyl (C=O) groups is 2. The van der Waals surface area contributed by atoms with Gasteiger partial charge in [0.1, 0.15) is 30.3 Å². The summed E-state index contributed by atoms with van der Waals surface area (Å²) >= 11 is 5.93. The van der Waals surface area contributed by atoms with Crippen molar-refractivity contribution in [1.29, 1.82) is 0 Å². The number of amidine groups is 1. The van der Waals surface area contributed by atoms with Gasteiger partial charge in [-0.3, -0.25) is 9.59 Å². The molecule has 5 atom stereocenters. The van der Waals surface area contributed by atoms with E-state index in [1.807, 2.05) is 45.1 Å². The smallest absolute Gasteiger partial charge is 0.286 e. The number of likely N-dealkylation sites (tertiary alicyclic amines) is 1. The molecule has 2 aliphatic heterocycles. The Labute approximate surface area is 241 Å². The van der Waals surface area contributed by atoms with Crippen molar-refractivity contribution in [2.24, 2.45) is 16.3 Å².